The van der Waals surface area contributed by atoms with Gasteiger partial charge in [-0.1, -0.05) is 0 Å². The lowest BCUT2D eigenvalue weighted by Gasteiger charge is -2.22. The van der Waals surface area contributed by atoms with E-state index in [0.29, 0.717) is 48.3 Å². The average molecular weight is 446 g/mol. The fourth-order valence-electron chi connectivity index (χ4n) is 2.99. The van der Waals surface area contributed by atoms with Crippen LogP contribution in [0.2, 0.25) is 0 Å². The van der Waals surface area contributed by atoms with Gasteiger partial charge in [-0.05, 0) is 51.5 Å². The van der Waals surface area contributed by atoms with E-state index in [1.807, 2.05) is 32.7 Å². The summed E-state index contributed by atoms with van der Waals surface area (Å²) in [4.78, 5) is 22.3. The van der Waals surface area contributed by atoms with Gasteiger partial charge in [-0.15, -0.1) is 5.10 Å². The molecule has 0 aliphatic heterocycles. The van der Waals surface area contributed by atoms with Gasteiger partial charge in [0.1, 0.15) is 11.3 Å². The SMILES string of the molecule is CCOCCn1nc(OC(=O)O)c2nc(N(C)C(C)C)nc(Nc3ccc(F)c(C)c3)c21. The van der Waals surface area contributed by atoms with Crippen molar-refractivity contribution in [2.45, 2.75) is 40.3 Å². The predicted molar refractivity (Wildman–Crippen MR) is 118 cm³/mol. The Balaban J connectivity index is 2.20. The Kier molecular flexibility index (Phi) is 7.08. The quantitative estimate of drug-likeness (QED) is 0.372. The Labute approximate surface area is 185 Å². The summed E-state index contributed by atoms with van der Waals surface area (Å²) in [7, 11) is 1.83. The van der Waals surface area contributed by atoms with Crippen molar-refractivity contribution in [2.75, 3.05) is 30.5 Å². The largest absolute Gasteiger partial charge is 0.512 e. The molecule has 2 N–H and O–H groups in total. The van der Waals surface area contributed by atoms with Crippen molar-refractivity contribution < 1.29 is 23.8 Å². The second-order valence-electron chi connectivity index (χ2n) is 7.46. The maximum atomic E-state index is 13.8. The summed E-state index contributed by atoms with van der Waals surface area (Å²) < 4.78 is 25.6. The monoisotopic (exact) mass is 446 g/mol. The zero-order chi connectivity index (χ0) is 23.4. The molecule has 32 heavy (non-hydrogen) atoms. The molecule has 0 bridgehead atoms. The Morgan fingerprint density at radius 1 is 1.34 bits per heavy atom. The number of aryl methyl sites for hydroxylation is 1. The molecule has 0 fully saturated rings. The van der Waals surface area contributed by atoms with E-state index in [1.54, 1.807) is 23.7 Å². The molecule has 2 heterocycles. The van der Waals surface area contributed by atoms with E-state index in [2.05, 4.69) is 20.4 Å². The van der Waals surface area contributed by atoms with Crippen LogP contribution in [-0.4, -0.2) is 57.3 Å². The molecule has 0 aliphatic rings. The first-order valence-corrected chi connectivity index (χ1v) is 10.2. The van der Waals surface area contributed by atoms with Gasteiger partial charge in [-0.3, -0.25) is 4.68 Å². The first kappa shape index (κ1) is 23.2. The molecule has 0 atom stereocenters. The Hall–Kier alpha value is -3.47. The lowest BCUT2D eigenvalue weighted by Crippen LogP contribution is -2.27. The second kappa shape index (κ2) is 9.77. The lowest BCUT2D eigenvalue weighted by atomic mass is 10.2. The molecule has 0 spiro atoms. The summed E-state index contributed by atoms with van der Waals surface area (Å²) in [6.45, 7) is 8.70. The number of benzene rings is 1. The molecule has 0 radical (unpaired) electrons. The smallest absolute Gasteiger partial charge is 0.449 e. The third-order valence-electron chi connectivity index (χ3n) is 4.89. The van der Waals surface area contributed by atoms with Crippen molar-refractivity contribution in [3.8, 4) is 5.88 Å². The minimum absolute atomic E-state index is 0.0743. The number of rotatable bonds is 9. The molecular formula is C21H27FN6O4. The van der Waals surface area contributed by atoms with Crippen LogP contribution in [0.1, 0.15) is 26.3 Å². The third-order valence-corrected chi connectivity index (χ3v) is 4.89. The number of ether oxygens (including phenoxy) is 2. The van der Waals surface area contributed by atoms with Gasteiger partial charge < -0.3 is 24.8 Å². The van der Waals surface area contributed by atoms with Gasteiger partial charge in [0.15, 0.2) is 11.3 Å². The Bertz CT molecular complexity index is 1120. The number of carbonyl (C=O) groups is 1. The summed E-state index contributed by atoms with van der Waals surface area (Å²) in [6, 6.07) is 4.69. The van der Waals surface area contributed by atoms with Crippen LogP contribution in [0.5, 0.6) is 5.88 Å². The van der Waals surface area contributed by atoms with Crippen LogP contribution in [-0.2, 0) is 11.3 Å². The lowest BCUT2D eigenvalue weighted by molar-refractivity contribution is 0.134. The van der Waals surface area contributed by atoms with E-state index in [-0.39, 0.29) is 23.3 Å². The predicted octanol–water partition coefficient (Wildman–Crippen LogP) is 3.96. The van der Waals surface area contributed by atoms with Gasteiger partial charge in [0.2, 0.25) is 5.95 Å². The number of aromatic nitrogens is 4. The van der Waals surface area contributed by atoms with E-state index in [4.69, 9.17) is 9.47 Å². The molecule has 0 aliphatic carbocycles. The van der Waals surface area contributed by atoms with E-state index in [0.717, 1.165) is 0 Å². The highest BCUT2D eigenvalue weighted by atomic mass is 19.1. The molecule has 0 amide bonds. The highest BCUT2D eigenvalue weighted by Gasteiger charge is 2.23. The van der Waals surface area contributed by atoms with Crippen LogP contribution < -0.4 is 15.0 Å². The Morgan fingerprint density at radius 2 is 2.09 bits per heavy atom. The number of hydrogen-bond acceptors (Lipinski definition) is 8. The molecule has 172 valence electrons. The van der Waals surface area contributed by atoms with Crippen molar-refractivity contribution >= 4 is 34.6 Å². The summed E-state index contributed by atoms with van der Waals surface area (Å²) in [5.41, 5.74) is 1.77. The number of nitrogens with one attached hydrogen (secondary N) is 1. The zero-order valence-electron chi connectivity index (χ0n) is 18.7. The standard InChI is InChI=1S/C21H27FN6O4/c1-6-31-10-9-28-17-16(19(26-28)32-21(29)30)24-20(27(5)12(2)3)25-18(17)23-14-7-8-15(22)13(4)11-14/h7-8,11-12H,6,9-10H2,1-5H3,(H,29,30)(H,23,24,25). The van der Waals surface area contributed by atoms with Crippen LogP contribution in [0.4, 0.5) is 26.6 Å². The Morgan fingerprint density at radius 3 is 2.72 bits per heavy atom. The number of fused-ring (bicyclic) bond motifs is 1. The van der Waals surface area contributed by atoms with Crippen LogP contribution in [0.3, 0.4) is 0 Å². The van der Waals surface area contributed by atoms with Gasteiger partial charge in [-0.25, -0.2) is 14.2 Å². The van der Waals surface area contributed by atoms with Crippen LogP contribution in [0, 0.1) is 12.7 Å². The van der Waals surface area contributed by atoms with Crippen molar-refractivity contribution in [2.24, 2.45) is 0 Å². The molecule has 0 saturated carbocycles. The highest BCUT2D eigenvalue weighted by molar-refractivity contribution is 5.93. The highest BCUT2D eigenvalue weighted by Crippen LogP contribution is 2.32. The minimum Gasteiger partial charge on any atom is -0.449 e. The van der Waals surface area contributed by atoms with E-state index in [9.17, 15) is 14.3 Å². The topological polar surface area (TPSA) is 115 Å². The number of anilines is 3. The number of hydrogen-bond donors (Lipinski definition) is 2. The van der Waals surface area contributed by atoms with Gasteiger partial charge in [0, 0.05) is 25.4 Å². The minimum atomic E-state index is -1.50. The van der Waals surface area contributed by atoms with Crippen molar-refractivity contribution in [1.82, 2.24) is 19.7 Å². The van der Waals surface area contributed by atoms with E-state index in [1.165, 1.54) is 6.07 Å². The normalized spacial score (nSPS) is 11.2. The number of carboxylic acid groups (broad SMARTS) is 1. The summed E-state index contributed by atoms with van der Waals surface area (Å²) in [6.07, 6.45) is -1.50. The number of halogens is 1. The molecule has 2 aromatic heterocycles. The summed E-state index contributed by atoms with van der Waals surface area (Å²) in [5, 5.41) is 16.7. The fraction of sp³-hybridized carbons (Fsp3) is 0.429. The molecule has 0 unspecified atom stereocenters. The van der Waals surface area contributed by atoms with Crippen molar-refractivity contribution in [1.29, 1.82) is 0 Å². The molecule has 3 rings (SSSR count). The number of nitrogens with zero attached hydrogens (tertiary/aromatic N) is 5. The summed E-state index contributed by atoms with van der Waals surface area (Å²) >= 11 is 0. The van der Waals surface area contributed by atoms with Crippen molar-refractivity contribution in [3.05, 3.63) is 29.6 Å². The fourth-order valence-corrected chi connectivity index (χ4v) is 2.99. The van der Waals surface area contributed by atoms with Crippen LogP contribution in [0.15, 0.2) is 18.2 Å². The molecule has 10 nitrogen and oxygen atoms in total. The second-order valence-corrected chi connectivity index (χ2v) is 7.46. The van der Waals surface area contributed by atoms with Gasteiger partial charge in [0.05, 0.1) is 13.2 Å². The first-order valence-electron chi connectivity index (χ1n) is 10.2. The maximum Gasteiger partial charge on any atom is 0.512 e. The first-order chi connectivity index (χ1) is 15.2. The van der Waals surface area contributed by atoms with Crippen molar-refractivity contribution in [3.63, 3.8) is 0 Å². The molecule has 11 heteroatoms. The zero-order valence-corrected chi connectivity index (χ0v) is 18.7. The van der Waals surface area contributed by atoms with Crippen LogP contribution >= 0.6 is 0 Å². The van der Waals surface area contributed by atoms with Crippen LogP contribution in [0.25, 0.3) is 11.0 Å². The third kappa shape index (κ3) is 5.05. The van der Waals surface area contributed by atoms with E-state index >= 15 is 0 Å². The maximum absolute atomic E-state index is 13.8. The molecular weight excluding hydrogens is 419 g/mol. The van der Waals surface area contributed by atoms with E-state index < -0.39 is 6.16 Å². The summed E-state index contributed by atoms with van der Waals surface area (Å²) in [5.74, 6) is 0.270. The molecule has 0 saturated heterocycles. The molecule has 1 aromatic carbocycles. The van der Waals surface area contributed by atoms with Gasteiger partial charge in [-0.2, -0.15) is 4.98 Å². The van der Waals surface area contributed by atoms with Gasteiger partial charge in [0.25, 0.3) is 5.88 Å². The molecule has 3 aromatic rings. The van der Waals surface area contributed by atoms with Gasteiger partial charge >= 0.3 is 6.16 Å². The average Bonchev–Trinajstić information content (AvgIpc) is 3.07.